The van der Waals surface area contributed by atoms with Gasteiger partial charge in [-0.25, -0.2) is 9.78 Å². The molecule has 0 fully saturated rings. The lowest BCUT2D eigenvalue weighted by molar-refractivity contribution is 0.0493. The lowest BCUT2D eigenvalue weighted by Gasteiger charge is -2.06. The predicted molar refractivity (Wildman–Crippen MR) is 71.7 cm³/mol. The van der Waals surface area contributed by atoms with Crippen LogP contribution in [0.4, 0.5) is 0 Å². The van der Waals surface area contributed by atoms with Gasteiger partial charge in [-0.05, 0) is 31.0 Å². The molecule has 1 aromatic heterocycles. The minimum atomic E-state index is -0.336. The Bertz CT molecular complexity index is 563. The van der Waals surface area contributed by atoms with Crippen LogP contribution >= 0.6 is 0 Å². The van der Waals surface area contributed by atoms with Crippen LogP contribution in [0.5, 0.6) is 0 Å². The summed E-state index contributed by atoms with van der Waals surface area (Å²) >= 11 is 0. The highest BCUT2D eigenvalue weighted by Gasteiger charge is 2.11. The van der Waals surface area contributed by atoms with Crippen molar-refractivity contribution in [2.24, 2.45) is 0 Å². The number of pyridine rings is 1. The van der Waals surface area contributed by atoms with E-state index in [2.05, 4.69) is 11.9 Å². The number of nitrogens with zero attached hydrogens (tertiary/aromatic N) is 1. The molecule has 2 aromatic rings. The van der Waals surface area contributed by atoms with Gasteiger partial charge >= 0.3 is 5.97 Å². The Kier molecular flexibility index (Phi) is 3.92. The first-order valence-corrected chi connectivity index (χ1v) is 6.26. The smallest absolute Gasteiger partial charge is 0.356 e. The van der Waals surface area contributed by atoms with E-state index >= 15 is 0 Å². The zero-order valence-electron chi connectivity index (χ0n) is 10.8. The molecule has 0 aliphatic carbocycles. The maximum atomic E-state index is 11.8. The molecule has 0 N–H and O–H groups in total. The SMILES string of the molecule is CCCCOC(=O)c1cc(C)c2ccccc2n1. The lowest BCUT2D eigenvalue weighted by atomic mass is 10.1. The number of carbonyl (C=O) groups excluding carboxylic acids is 1. The molecule has 0 aliphatic rings. The van der Waals surface area contributed by atoms with Gasteiger partial charge in [0.15, 0.2) is 0 Å². The molecule has 1 heterocycles. The van der Waals surface area contributed by atoms with Crippen molar-refractivity contribution in [2.75, 3.05) is 6.61 Å². The lowest BCUT2D eigenvalue weighted by Crippen LogP contribution is -2.09. The molecule has 2 rings (SSSR count). The van der Waals surface area contributed by atoms with E-state index < -0.39 is 0 Å². The van der Waals surface area contributed by atoms with Gasteiger partial charge in [-0.1, -0.05) is 31.5 Å². The quantitative estimate of drug-likeness (QED) is 0.609. The van der Waals surface area contributed by atoms with Crippen molar-refractivity contribution in [1.82, 2.24) is 4.98 Å². The number of aryl methyl sites for hydroxylation is 1. The highest BCUT2D eigenvalue weighted by Crippen LogP contribution is 2.17. The van der Waals surface area contributed by atoms with E-state index in [4.69, 9.17) is 4.74 Å². The van der Waals surface area contributed by atoms with Crippen molar-refractivity contribution in [3.05, 3.63) is 41.6 Å². The number of aromatic nitrogens is 1. The second-order valence-electron chi connectivity index (χ2n) is 4.33. The Morgan fingerprint density at radius 2 is 2.11 bits per heavy atom. The van der Waals surface area contributed by atoms with E-state index in [0.717, 1.165) is 29.3 Å². The molecular formula is C15H17NO2. The van der Waals surface area contributed by atoms with Crippen LogP contribution in [0.3, 0.4) is 0 Å². The van der Waals surface area contributed by atoms with Gasteiger partial charge in [0.1, 0.15) is 5.69 Å². The first kappa shape index (κ1) is 12.6. The molecule has 3 heteroatoms. The minimum absolute atomic E-state index is 0.336. The Balaban J connectivity index is 2.26. The van der Waals surface area contributed by atoms with E-state index in [9.17, 15) is 4.79 Å². The topological polar surface area (TPSA) is 39.2 Å². The Labute approximate surface area is 107 Å². The number of carbonyl (C=O) groups is 1. The van der Waals surface area contributed by atoms with E-state index in [1.807, 2.05) is 31.2 Å². The van der Waals surface area contributed by atoms with Crippen LogP contribution in [0, 0.1) is 6.92 Å². The summed E-state index contributed by atoms with van der Waals surface area (Å²) in [4.78, 5) is 16.2. The summed E-state index contributed by atoms with van der Waals surface area (Å²) in [6.45, 7) is 4.50. The third-order valence-corrected chi connectivity index (χ3v) is 2.86. The number of hydrogen-bond acceptors (Lipinski definition) is 3. The Morgan fingerprint density at radius 3 is 2.89 bits per heavy atom. The van der Waals surface area contributed by atoms with E-state index in [-0.39, 0.29) is 5.97 Å². The van der Waals surface area contributed by atoms with Crippen molar-refractivity contribution in [1.29, 1.82) is 0 Å². The van der Waals surface area contributed by atoms with E-state index in [0.29, 0.717) is 12.3 Å². The van der Waals surface area contributed by atoms with Crippen LogP contribution in [0.1, 0.15) is 35.8 Å². The Morgan fingerprint density at radius 1 is 1.33 bits per heavy atom. The second kappa shape index (κ2) is 5.63. The minimum Gasteiger partial charge on any atom is -0.461 e. The number of fused-ring (bicyclic) bond motifs is 1. The maximum absolute atomic E-state index is 11.8. The summed E-state index contributed by atoms with van der Waals surface area (Å²) in [6.07, 6.45) is 1.90. The molecular weight excluding hydrogens is 226 g/mol. The summed E-state index contributed by atoms with van der Waals surface area (Å²) in [6, 6.07) is 9.59. The molecule has 1 aromatic carbocycles. The largest absolute Gasteiger partial charge is 0.461 e. The van der Waals surface area contributed by atoms with Crippen molar-refractivity contribution in [3.63, 3.8) is 0 Å². The summed E-state index contributed by atoms with van der Waals surface area (Å²) in [5.74, 6) is -0.336. The van der Waals surface area contributed by atoms with Gasteiger partial charge in [-0.3, -0.25) is 0 Å². The monoisotopic (exact) mass is 243 g/mol. The van der Waals surface area contributed by atoms with Crippen molar-refractivity contribution < 1.29 is 9.53 Å². The predicted octanol–water partition coefficient (Wildman–Crippen LogP) is 3.50. The first-order chi connectivity index (χ1) is 8.72. The number of esters is 1. The second-order valence-corrected chi connectivity index (χ2v) is 4.33. The van der Waals surface area contributed by atoms with Gasteiger partial charge in [-0.15, -0.1) is 0 Å². The molecule has 0 bridgehead atoms. The number of unbranched alkanes of at least 4 members (excludes halogenated alkanes) is 1. The van der Waals surface area contributed by atoms with Crippen LogP contribution in [0.15, 0.2) is 30.3 Å². The van der Waals surface area contributed by atoms with Gasteiger partial charge in [0.2, 0.25) is 0 Å². The maximum Gasteiger partial charge on any atom is 0.356 e. The average molecular weight is 243 g/mol. The summed E-state index contributed by atoms with van der Waals surface area (Å²) < 4.78 is 5.17. The van der Waals surface area contributed by atoms with Crippen LogP contribution in [0.25, 0.3) is 10.9 Å². The standard InChI is InChI=1S/C15H17NO2/c1-3-4-9-18-15(17)14-10-11(2)12-7-5-6-8-13(12)16-14/h5-8,10H,3-4,9H2,1-2H3. The zero-order valence-corrected chi connectivity index (χ0v) is 10.8. The highest BCUT2D eigenvalue weighted by molar-refractivity contribution is 5.92. The fourth-order valence-electron chi connectivity index (χ4n) is 1.84. The summed E-state index contributed by atoms with van der Waals surface area (Å²) in [5, 5.41) is 1.07. The van der Waals surface area contributed by atoms with Gasteiger partial charge in [0, 0.05) is 5.39 Å². The molecule has 0 saturated heterocycles. The van der Waals surface area contributed by atoms with Crippen LogP contribution < -0.4 is 0 Å². The molecule has 0 aliphatic heterocycles. The van der Waals surface area contributed by atoms with Crippen LogP contribution in [0.2, 0.25) is 0 Å². The molecule has 0 atom stereocenters. The van der Waals surface area contributed by atoms with Gasteiger partial charge in [0.05, 0.1) is 12.1 Å². The number of rotatable bonds is 4. The van der Waals surface area contributed by atoms with Gasteiger partial charge in [0.25, 0.3) is 0 Å². The fraction of sp³-hybridized carbons (Fsp3) is 0.333. The van der Waals surface area contributed by atoms with Gasteiger partial charge in [-0.2, -0.15) is 0 Å². The number of hydrogen-bond donors (Lipinski definition) is 0. The van der Waals surface area contributed by atoms with Crippen molar-refractivity contribution in [2.45, 2.75) is 26.7 Å². The fourth-order valence-corrected chi connectivity index (χ4v) is 1.84. The molecule has 0 saturated carbocycles. The number of para-hydroxylation sites is 1. The van der Waals surface area contributed by atoms with Crippen LogP contribution in [-0.2, 0) is 4.74 Å². The number of benzene rings is 1. The molecule has 94 valence electrons. The molecule has 0 radical (unpaired) electrons. The van der Waals surface area contributed by atoms with E-state index in [1.54, 1.807) is 6.07 Å². The molecule has 0 unspecified atom stereocenters. The molecule has 18 heavy (non-hydrogen) atoms. The van der Waals surface area contributed by atoms with Crippen molar-refractivity contribution >= 4 is 16.9 Å². The summed E-state index contributed by atoms with van der Waals surface area (Å²) in [7, 11) is 0. The Hall–Kier alpha value is -1.90. The van der Waals surface area contributed by atoms with E-state index in [1.165, 1.54) is 0 Å². The van der Waals surface area contributed by atoms with Crippen LogP contribution in [-0.4, -0.2) is 17.6 Å². The molecule has 3 nitrogen and oxygen atoms in total. The van der Waals surface area contributed by atoms with Gasteiger partial charge < -0.3 is 4.74 Å². The first-order valence-electron chi connectivity index (χ1n) is 6.26. The highest BCUT2D eigenvalue weighted by atomic mass is 16.5. The normalized spacial score (nSPS) is 10.6. The third-order valence-electron chi connectivity index (χ3n) is 2.86. The van der Waals surface area contributed by atoms with Crippen molar-refractivity contribution in [3.8, 4) is 0 Å². The molecule has 0 amide bonds. The molecule has 0 spiro atoms. The zero-order chi connectivity index (χ0) is 13.0. The third kappa shape index (κ3) is 2.67. The number of ether oxygens (including phenoxy) is 1. The average Bonchev–Trinajstić information content (AvgIpc) is 2.39. The summed E-state index contributed by atoms with van der Waals surface area (Å²) in [5.41, 5.74) is 2.27.